The van der Waals surface area contributed by atoms with Gasteiger partial charge in [0.15, 0.2) is 0 Å². The first-order valence-electron chi connectivity index (χ1n) is 8.45. The number of benzene rings is 2. The summed E-state index contributed by atoms with van der Waals surface area (Å²) in [6, 6.07) is 14.5. The highest BCUT2D eigenvalue weighted by Crippen LogP contribution is 2.43. The van der Waals surface area contributed by atoms with E-state index < -0.39 is 0 Å². The number of piperazine rings is 1. The second-order valence-electron chi connectivity index (χ2n) is 6.05. The molecule has 1 atom stereocenters. The lowest BCUT2D eigenvalue weighted by Crippen LogP contribution is -2.45. The van der Waals surface area contributed by atoms with Crippen LogP contribution in [0.3, 0.4) is 0 Å². The van der Waals surface area contributed by atoms with Crippen molar-refractivity contribution < 1.29 is 9.53 Å². The van der Waals surface area contributed by atoms with Crippen molar-refractivity contribution in [3.05, 3.63) is 53.6 Å². The van der Waals surface area contributed by atoms with Gasteiger partial charge in [-0.05, 0) is 29.8 Å². The third kappa shape index (κ3) is 3.66. The molecule has 1 unspecified atom stereocenters. The molecule has 0 amide bonds. The zero-order chi connectivity index (χ0) is 16.9. The minimum absolute atomic E-state index is 0.444. The predicted molar refractivity (Wildman–Crippen MR) is 96.7 cm³/mol. The van der Waals surface area contributed by atoms with E-state index in [-0.39, 0.29) is 0 Å². The van der Waals surface area contributed by atoms with Crippen molar-refractivity contribution in [2.45, 2.75) is 13.0 Å². The Kier molecular flexibility index (Phi) is 5.28. The average molecular weight is 324 g/mol. The minimum atomic E-state index is 0.444. The Labute approximate surface area is 143 Å². The summed E-state index contributed by atoms with van der Waals surface area (Å²) in [4.78, 5) is 13.1. The third-order valence-corrected chi connectivity index (χ3v) is 4.64. The van der Waals surface area contributed by atoms with E-state index in [4.69, 9.17) is 4.74 Å². The minimum Gasteiger partial charge on any atom is -0.496 e. The molecule has 1 fully saturated rings. The Bertz CT molecular complexity index is 697. The largest absolute Gasteiger partial charge is 0.496 e. The second kappa shape index (κ2) is 7.60. The molecule has 0 spiro atoms. The monoisotopic (exact) mass is 324 g/mol. The number of aldehydes is 1. The normalized spacial score (nSPS) is 18.3. The SMILES string of the molecule is CCN1CCNCC1c1ccc(C=O)cc1.COc1ccc2cc1-2. The number of fused-ring (bicyclic) bond motifs is 1. The molecule has 24 heavy (non-hydrogen) atoms. The zero-order valence-corrected chi connectivity index (χ0v) is 14.3. The van der Waals surface area contributed by atoms with Gasteiger partial charge >= 0.3 is 0 Å². The van der Waals surface area contributed by atoms with Crippen LogP contribution >= 0.6 is 0 Å². The van der Waals surface area contributed by atoms with E-state index in [1.54, 1.807) is 7.11 Å². The van der Waals surface area contributed by atoms with E-state index in [1.165, 1.54) is 16.7 Å². The highest BCUT2D eigenvalue weighted by Gasteiger charge is 2.21. The summed E-state index contributed by atoms with van der Waals surface area (Å²) in [5.74, 6) is 1.01. The van der Waals surface area contributed by atoms with Gasteiger partial charge in [-0.1, -0.05) is 37.3 Å². The molecule has 0 aromatic heterocycles. The summed E-state index contributed by atoms with van der Waals surface area (Å²) in [6.07, 6.45) is 0.889. The second-order valence-corrected chi connectivity index (χ2v) is 6.05. The van der Waals surface area contributed by atoms with Gasteiger partial charge in [-0.25, -0.2) is 0 Å². The molecular formula is C20H24N2O2. The highest BCUT2D eigenvalue weighted by atomic mass is 16.5. The van der Waals surface area contributed by atoms with Gasteiger partial charge in [0, 0.05) is 36.8 Å². The van der Waals surface area contributed by atoms with Crippen molar-refractivity contribution in [1.29, 1.82) is 0 Å². The van der Waals surface area contributed by atoms with Gasteiger partial charge in [0.1, 0.15) is 12.0 Å². The number of carbonyl (C=O) groups is 1. The molecule has 0 saturated carbocycles. The number of rotatable bonds is 4. The van der Waals surface area contributed by atoms with Crippen molar-refractivity contribution >= 4 is 6.29 Å². The fourth-order valence-corrected chi connectivity index (χ4v) is 3.15. The molecule has 1 N–H and O–H groups in total. The van der Waals surface area contributed by atoms with Gasteiger partial charge in [0.25, 0.3) is 0 Å². The predicted octanol–water partition coefficient (Wildman–Crippen LogP) is 3.14. The van der Waals surface area contributed by atoms with E-state index >= 15 is 0 Å². The molecule has 4 heteroatoms. The van der Waals surface area contributed by atoms with Crippen molar-refractivity contribution in [1.82, 2.24) is 10.2 Å². The maximum atomic E-state index is 10.6. The maximum absolute atomic E-state index is 10.6. The van der Waals surface area contributed by atoms with Crippen LogP contribution in [0.25, 0.3) is 11.1 Å². The van der Waals surface area contributed by atoms with E-state index in [0.29, 0.717) is 6.04 Å². The molecule has 2 aliphatic carbocycles. The first-order valence-corrected chi connectivity index (χ1v) is 8.45. The average Bonchev–Trinajstić information content (AvgIpc) is 3.33. The molecule has 126 valence electrons. The molecule has 4 nitrogen and oxygen atoms in total. The molecule has 1 aromatic rings. The van der Waals surface area contributed by atoms with Crippen LogP contribution in [0.1, 0.15) is 28.9 Å². The Hall–Kier alpha value is -2.17. The first-order chi connectivity index (χ1) is 11.8. The molecule has 3 aliphatic rings. The molecule has 0 bridgehead atoms. The Morgan fingerprint density at radius 3 is 2.54 bits per heavy atom. The molecule has 0 radical (unpaired) electrons. The van der Waals surface area contributed by atoms with Gasteiger partial charge in [-0.2, -0.15) is 0 Å². The van der Waals surface area contributed by atoms with Crippen molar-refractivity contribution in [3.8, 4) is 16.9 Å². The Morgan fingerprint density at radius 1 is 1.25 bits per heavy atom. The highest BCUT2D eigenvalue weighted by molar-refractivity contribution is 5.87. The number of nitrogens with zero attached hydrogens (tertiary/aromatic N) is 1. The summed E-state index contributed by atoms with van der Waals surface area (Å²) < 4.78 is 5.01. The number of nitrogens with one attached hydrogen (secondary N) is 1. The molecule has 1 saturated heterocycles. The summed E-state index contributed by atoms with van der Waals surface area (Å²) in [5, 5.41) is 3.42. The van der Waals surface area contributed by atoms with Crippen LogP contribution in [0.15, 0.2) is 42.5 Å². The fourth-order valence-electron chi connectivity index (χ4n) is 3.15. The smallest absolute Gasteiger partial charge is 0.150 e. The van der Waals surface area contributed by atoms with Crippen LogP contribution in [0.4, 0.5) is 0 Å². The number of hydrogen-bond donors (Lipinski definition) is 1. The van der Waals surface area contributed by atoms with Crippen LogP contribution in [-0.4, -0.2) is 44.5 Å². The van der Waals surface area contributed by atoms with E-state index in [2.05, 4.69) is 41.4 Å². The quantitative estimate of drug-likeness (QED) is 0.749. The van der Waals surface area contributed by atoms with Crippen LogP contribution in [-0.2, 0) is 0 Å². The van der Waals surface area contributed by atoms with Crippen LogP contribution in [0, 0.1) is 0 Å². The number of likely N-dealkylation sites (N-methyl/N-ethyl adjacent to an activating group) is 1. The lowest BCUT2D eigenvalue weighted by Gasteiger charge is -2.35. The summed E-state index contributed by atoms with van der Waals surface area (Å²) >= 11 is 0. The van der Waals surface area contributed by atoms with Gasteiger partial charge in [0.05, 0.1) is 7.11 Å². The van der Waals surface area contributed by atoms with Gasteiger partial charge in [-0.3, -0.25) is 9.69 Å². The van der Waals surface area contributed by atoms with Crippen LogP contribution in [0.5, 0.6) is 5.75 Å². The van der Waals surface area contributed by atoms with Crippen LogP contribution < -0.4 is 10.1 Å². The summed E-state index contributed by atoms with van der Waals surface area (Å²) in [7, 11) is 1.70. The molecule has 1 aliphatic heterocycles. The lowest BCUT2D eigenvalue weighted by atomic mass is 10.0. The number of hydrogen-bond acceptors (Lipinski definition) is 4. The molecule has 4 rings (SSSR count). The Morgan fingerprint density at radius 2 is 2.04 bits per heavy atom. The lowest BCUT2D eigenvalue weighted by molar-refractivity contribution is 0.112. The molecular weight excluding hydrogens is 300 g/mol. The number of methoxy groups -OCH3 is 1. The molecule has 1 heterocycles. The maximum Gasteiger partial charge on any atom is 0.150 e. The first kappa shape index (κ1) is 16.7. The zero-order valence-electron chi connectivity index (χ0n) is 14.3. The standard InChI is InChI=1S/C13H18N2O.C7H6O/c1-2-15-8-7-14-9-13(15)12-5-3-11(10-16)4-6-12;1-8-7-3-2-5-4-6(5)7/h3-6,10,13-14H,2,7-9H2,1H3;2-4H,1H3. The van der Waals surface area contributed by atoms with Gasteiger partial charge < -0.3 is 10.1 Å². The van der Waals surface area contributed by atoms with Gasteiger partial charge in [0.2, 0.25) is 0 Å². The summed E-state index contributed by atoms with van der Waals surface area (Å²) in [5.41, 5.74) is 4.66. The van der Waals surface area contributed by atoms with E-state index in [9.17, 15) is 4.79 Å². The topological polar surface area (TPSA) is 41.6 Å². The Balaban J connectivity index is 0.000000175. The van der Waals surface area contributed by atoms with Crippen LogP contribution in [0.2, 0.25) is 0 Å². The van der Waals surface area contributed by atoms with Crippen molar-refractivity contribution in [2.24, 2.45) is 0 Å². The number of carbonyl (C=O) groups excluding carboxylic acids is 1. The third-order valence-electron chi connectivity index (χ3n) is 4.64. The van der Waals surface area contributed by atoms with E-state index in [1.807, 2.05) is 18.2 Å². The van der Waals surface area contributed by atoms with Crippen molar-refractivity contribution in [2.75, 3.05) is 33.3 Å². The molecule has 1 aromatic carbocycles. The number of ether oxygens (including phenoxy) is 1. The fraction of sp³-hybridized carbons (Fsp3) is 0.350. The van der Waals surface area contributed by atoms with Gasteiger partial charge in [-0.15, -0.1) is 0 Å². The van der Waals surface area contributed by atoms with Crippen molar-refractivity contribution in [3.63, 3.8) is 0 Å². The van der Waals surface area contributed by atoms with E-state index in [0.717, 1.165) is 43.8 Å². The summed E-state index contributed by atoms with van der Waals surface area (Å²) in [6.45, 7) is 6.42.